The lowest BCUT2D eigenvalue weighted by Crippen LogP contribution is -2.14. The standard InChI is InChI=1S/C24H22O6/c1-2-27-23-16-18(17-25)12-13-22(23)30-24(26)20-10-6-7-11-21(20)29-15-14-28-19-8-4-3-5-9-19/h3-13,16-17H,2,14-15H2,1H3. The van der Waals surface area contributed by atoms with E-state index in [9.17, 15) is 9.59 Å². The summed E-state index contributed by atoms with van der Waals surface area (Å²) >= 11 is 0. The molecule has 0 bridgehead atoms. The van der Waals surface area contributed by atoms with E-state index in [1.54, 1.807) is 37.3 Å². The first-order valence-corrected chi connectivity index (χ1v) is 9.55. The van der Waals surface area contributed by atoms with Crippen LogP contribution in [0, 0.1) is 0 Å². The molecule has 3 aromatic rings. The highest BCUT2D eigenvalue weighted by Crippen LogP contribution is 2.30. The Bertz CT molecular complexity index is 984. The van der Waals surface area contributed by atoms with E-state index >= 15 is 0 Å². The molecule has 0 aliphatic rings. The Kier molecular flexibility index (Phi) is 7.44. The predicted octanol–water partition coefficient (Wildman–Crippen LogP) is 4.57. The average Bonchev–Trinajstić information content (AvgIpc) is 2.79. The number of esters is 1. The van der Waals surface area contributed by atoms with Crippen molar-refractivity contribution in [3.8, 4) is 23.0 Å². The van der Waals surface area contributed by atoms with Crippen LogP contribution in [-0.4, -0.2) is 32.1 Å². The minimum atomic E-state index is -0.589. The maximum Gasteiger partial charge on any atom is 0.347 e. The Morgan fingerprint density at radius 2 is 1.53 bits per heavy atom. The van der Waals surface area contributed by atoms with Crippen LogP contribution in [-0.2, 0) is 0 Å². The highest BCUT2D eigenvalue weighted by atomic mass is 16.6. The van der Waals surface area contributed by atoms with Gasteiger partial charge >= 0.3 is 5.97 Å². The Balaban J connectivity index is 1.66. The molecular formula is C24H22O6. The summed E-state index contributed by atoms with van der Waals surface area (Å²) < 4.78 is 22.3. The number of para-hydroxylation sites is 2. The van der Waals surface area contributed by atoms with Crippen molar-refractivity contribution in [1.29, 1.82) is 0 Å². The van der Waals surface area contributed by atoms with E-state index in [0.717, 1.165) is 5.75 Å². The van der Waals surface area contributed by atoms with E-state index in [1.165, 1.54) is 12.1 Å². The average molecular weight is 406 g/mol. The summed E-state index contributed by atoms with van der Waals surface area (Å²) in [4.78, 5) is 23.7. The third-order valence-corrected chi connectivity index (χ3v) is 4.07. The summed E-state index contributed by atoms with van der Waals surface area (Å²) in [6.07, 6.45) is 0.703. The fourth-order valence-corrected chi connectivity index (χ4v) is 2.69. The van der Waals surface area contributed by atoms with Gasteiger partial charge in [0.1, 0.15) is 36.6 Å². The van der Waals surface area contributed by atoms with Crippen LogP contribution in [0.3, 0.4) is 0 Å². The van der Waals surface area contributed by atoms with Gasteiger partial charge in [-0.25, -0.2) is 4.79 Å². The third-order valence-electron chi connectivity index (χ3n) is 4.07. The first-order valence-electron chi connectivity index (χ1n) is 9.55. The van der Waals surface area contributed by atoms with Gasteiger partial charge in [-0.1, -0.05) is 30.3 Å². The zero-order valence-electron chi connectivity index (χ0n) is 16.6. The largest absolute Gasteiger partial charge is 0.490 e. The topological polar surface area (TPSA) is 71.1 Å². The zero-order chi connectivity index (χ0) is 21.2. The molecule has 0 radical (unpaired) electrons. The molecule has 6 heteroatoms. The lowest BCUT2D eigenvalue weighted by Gasteiger charge is -2.14. The molecule has 3 rings (SSSR count). The van der Waals surface area contributed by atoms with Gasteiger partial charge in [-0.2, -0.15) is 0 Å². The smallest absolute Gasteiger partial charge is 0.347 e. The third kappa shape index (κ3) is 5.61. The molecule has 0 fully saturated rings. The van der Waals surface area contributed by atoms with Gasteiger partial charge in [0.15, 0.2) is 11.5 Å². The van der Waals surface area contributed by atoms with Gasteiger partial charge in [-0.15, -0.1) is 0 Å². The molecule has 6 nitrogen and oxygen atoms in total. The van der Waals surface area contributed by atoms with Crippen LogP contribution in [0.15, 0.2) is 72.8 Å². The zero-order valence-corrected chi connectivity index (χ0v) is 16.6. The van der Waals surface area contributed by atoms with E-state index in [2.05, 4.69) is 0 Å². The molecule has 30 heavy (non-hydrogen) atoms. The summed E-state index contributed by atoms with van der Waals surface area (Å²) in [6, 6.07) is 20.8. The van der Waals surface area contributed by atoms with E-state index in [4.69, 9.17) is 18.9 Å². The molecule has 0 amide bonds. The monoisotopic (exact) mass is 406 g/mol. The van der Waals surface area contributed by atoms with Crippen molar-refractivity contribution in [2.75, 3.05) is 19.8 Å². The van der Waals surface area contributed by atoms with Crippen LogP contribution in [0.4, 0.5) is 0 Å². The van der Waals surface area contributed by atoms with Crippen LogP contribution in [0.1, 0.15) is 27.6 Å². The number of ether oxygens (including phenoxy) is 4. The van der Waals surface area contributed by atoms with Crippen molar-refractivity contribution >= 4 is 12.3 Å². The molecule has 0 aliphatic carbocycles. The Hall–Kier alpha value is -3.80. The Morgan fingerprint density at radius 1 is 0.800 bits per heavy atom. The molecule has 0 heterocycles. The molecule has 0 N–H and O–H groups in total. The van der Waals surface area contributed by atoms with Crippen molar-refractivity contribution < 1.29 is 28.5 Å². The number of carbonyl (C=O) groups excluding carboxylic acids is 2. The minimum Gasteiger partial charge on any atom is -0.490 e. The normalized spacial score (nSPS) is 10.2. The van der Waals surface area contributed by atoms with Gasteiger partial charge in [-0.05, 0) is 49.4 Å². The van der Waals surface area contributed by atoms with Gasteiger partial charge in [0.25, 0.3) is 0 Å². The van der Waals surface area contributed by atoms with Crippen molar-refractivity contribution in [1.82, 2.24) is 0 Å². The van der Waals surface area contributed by atoms with Crippen molar-refractivity contribution in [2.24, 2.45) is 0 Å². The molecule has 0 unspecified atom stereocenters. The number of carbonyl (C=O) groups is 2. The van der Waals surface area contributed by atoms with Gasteiger partial charge in [0, 0.05) is 5.56 Å². The van der Waals surface area contributed by atoms with Gasteiger partial charge in [0.2, 0.25) is 0 Å². The highest BCUT2D eigenvalue weighted by molar-refractivity contribution is 5.94. The quantitative estimate of drug-likeness (QED) is 0.213. The van der Waals surface area contributed by atoms with E-state index < -0.39 is 5.97 Å². The fourth-order valence-electron chi connectivity index (χ4n) is 2.69. The molecule has 0 spiro atoms. The highest BCUT2D eigenvalue weighted by Gasteiger charge is 2.17. The van der Waals surface area contributed by atoms with Crippen molar-refractivity contribution in [2.45, 2.75) is 6.92 Å². The number of benzene rings is 3. The summed E-state index contributed by atoms with van der Waals surface area (Å²) in [5.41, 5.74) is 0.708. The number of aldehydes is 1. The van der Waals surface area contributed by atoms with Crippen LogP contribution in [0.5, 0.6) is 23.0 Å². The van der Waals surface area contributed by atoms with Gasteiger partial charge in [0.05, 0.1) is 6.61 Å². The SMILES string of the molecule is CCOc1cc(C=O)ccc1OC(=O)c1ccccc1OCCOc1ccccc1. The molecular weight excluding hydrogens is 384 g/mol. The molecule has 0 aromatic heterocycles. The van der Waals surface area contributed by atoms with Gasteiger partial charge in [-0.3, -0.25) is 4.79 Å². The molecule has 154 valence electrons. The second kappa shape index (κ2) is 10.7. The maximum absolute atomic E-state index is 12.7. The second-order valence-electron chi connectivity index (χ2n) is 6.15. The number of rotatable bonds is 10. The van der Waals surface area contributed by atoms with Crippen molar-refractivity contribution in [3.05, 3.63) is 83.9 Å². The molecule has 0 saturated carbocycles. The number of hydrogen-bond acceptors (Lipinski definition) is 6. The summed E-state index contributed by atoms with van der Waals surface area (Å²) in [5.74, 6) is 1.10. The lowest BCUT2D eigenvalue weighted by molar-refractivity contribution is 0.0722. The van der Waals surface area contributed by atoms with Crippen LogP contribution in [0.25, 0.3) is 0 Å². The summed E-state index contributed by atoms with van der Waals surface area (Å²) in [6.45, 7) is 2.76. The first-order chi connectivity index (χ1) is 14.7. The minimum absolute atomic E-state index is 0.231. The molecule has 3 aromatic carbocycles. The van der Waals surface area contributed by atoms with E-state index in [-0.39, 0.29) is 17.9 Å². The number of hydrogen-bond donors (Lipinski definition) is 0. The summed E-state index contributed by atoms with van der Waals surface area (Å²) in [7, 11) is 0. The lowest BCUT2D eigenvalue weighted by atomic mass is 10.2. The maximum atomic E-state index is 12.7. The fraction of sp³-hybridized carbons (Fsp3) is 0.167. The van der Waals surface area contributed by atoms with Crippen molar-refractivity contribution in [3.63, 3.8) is 0 Å². The summed E-state index contributed by atoms with van der Waals surface area (Å²) in [5, 5.41) is 0. The van der Waals surface area contributed by atoms with Crippen LogP contribution < -0.4 is 18.9 Å². The Morgan fingerprint density at radius 3 is 2.30 bits per heavy atom. The predicted molar refractivity (Wildman–Crippen MR) is 112 cm³/mol. The molecule has 0 atom stereocenters. The molecule has 0 saturated heterocycles. The van der Waals surface area contributed by atoms with Gasteiger partial charge < -0.3 is 18.9 Å². The molecule has 0 aliphatic heterocycles. The van der Waals surface area contributed by atoms with Crippen LogP contribution in [0.2, 0.25) is 0 Å². The first kappa shape index (κ1) is 20.9. The van der Waals surface area contributed by atoms with E-state index in [0.29, 0.717) is 36.6 Å². The second-order valence-corrected chi connectivity index (χ2v) is 6.15. The van der Waals surface area contributed by atoms with E-state index in [1.807, 2.05) is 30.3 Å². The van der Waals surface area contributed by atoms with Crippen LogP contribution >= 0.6 is 0 Å². The Labute approximate surface area is 175 Å².